The van der Waals surface area contributed by atoms with Gasteiger partial charge >= 0.3 is 5.97 Å². The first kappa shape index (κ1) is 9.89. The van der Waals surface area contributed by atoms with Crippen LogP contribution in [0, 0.1) is 0 Å². The Hall–Kier alpha value is -1.65. The monoisotopic (exact) mass is 208 g/mol. The fraction of sp³-hybridized carbons (Fsp3) is 0.500. The van der Waals surface area contributed by atoms with Crippen LogP contribution >= 0.6 is 0 Å². The van der Waals surface area contributed by atoms with E-state index in [4.69, 9.17) is 5.11 Å². The van der Waals surface area contributed by atoms with Gasteiger partial charge in [-0.15, -0.1) is 0 Å². The normalized spacial score (nSPS) is 18.0. The van der Waals surface area contributed by atoms with Gasteiger partial charge in [0, 0.05) is 18.8 Å². The molecule has 2 N–H and O–H groups in total. The number of nitrogens with one attached hydrogen (secondary N) is 1. The van der Waals surface area contributed by atoms with Crippen LogP contribution < -0.4 is 0 Å². The number of hydrogen-bond acceptors (Lipinski definition) is 3. The Labute approximate surface area is 86.5 Å². The summed E-state index contributed by atoms with van der Waals surface area (Å²) in [5.74, 6) is -0.479. The predicted molar refractivity (Wildman–Crippen MR) is 51.8 cm³/mol. The van der Waals surface area contributed by atoms with E-state index in [2.05, 4.69) is 10.2 Å². The van der Waals surface area contributed by atoms with E-state index in [1.807, 2.05) is 0 Å². The number of hydrogen-bond donors (Lipinski definition) is 2. The molecule has 1 aliphatic rings. The highest BCUT2D eigenvalue weighted by atomic mass is 16.4. The van der Waals surface area contributed by atoms with Crippen molar-refractivity contribution in [2.75, 3.05) is 0 Å². The number of Topliss-reactive ketones (excluding diaryl/α,β-unsaturated/α-hetero) is 1. The van der Waals surface area contributed by atoms with Crippen LogP contribution in [-0.2, 0) is 4.79 Å². The minimum absolute atomic E-state index is 0.113. The van der Waals surface area contributed by atoms with E-state index in [0.29, 0.717) is 18.6 Å². The lowest BCUT2D eigenvalue weighted by Crippen LogP contribution is -2.12. The summed E-state index contributed by atoms with van der Waals surface area (Å²) in [4.78, 5) is 21.7. The maximum Gasteiger partial charge on any atom is 0.353 e. The molecule has 0 atom stereocenters. The lowest BCUT2D eigenvalue weighted by molar-refractivity contribution is -0.120. The maximum atomic E-state index is 11.0. The number of ketones is 1. The lowest BCUT2D eigenvalue weighted by atomic mass is 9.86. The average Bonchev–Trinajstić information content (AvgIpc) is 2.68. The maximum absolute atomic E-state index is 11.0. The number of carbonyl (C=O) groups is 2. The summed E-state index contributed by atoms with van der Waals surface area (Å²) in [6.07, 6.45) is 2.73. The third-order valence-electron chi connectivity index (χ3n) is 2.79. The van der Waals surface area contributed by atoms with Crippen molar-refractivity contribution in [2.24, 2.45) is 0 Å². The second-order valence-electron chi connectivity index (χ2n) is 3.82. The van der Waals surface area contributed by atoms with Gasteiger partial charge < -0.3 is 5.11 Å². The molecule has 0 aliphatic heterocycles. The largest absolute Gasteiger partial charge is 0.477 e. The number of aromatic nitrogens is 2. The molecule has 0 bridgehead atoms. The quantitative estimate of drug-likeness (QED) is 0.768. The van der Waals surface area contributed by atoms with Crippen molar-refractivity contribution in [2.45, 2.75) is 31.6 Å². The van der Waals surface area contributed by atoms with Gasteiger partial charge in [0.25, 0.3) is 0 Å². The highest BCUT2D eigenvalue weighted by Gasteiger charge is 2.22. The van der Waals surface area contributed by atoms with Gasteiger partial charge in [-0.3, -0.25) is 9.89 Å². The molecule has 1 fully saturated rings. The molecule has 1 saturated carbocycles. The summed E-state index contributed by atoms with van der Waals surface area (Å²) in [6.45, 7) is 0. The van der Waals surface area contributed by atoms with Crippen molar-refractivity contribution in [3.8, 4) is 0 Å². The zero-order valence-electron chi connectivity index (χ0n) is 8.19. The van der Waals surface area contributed by atoms with Crippen LogP contribution in [0.1, 0.15) is 47.8 Å². The molecule has 0 spiro atoms. The van der Waals surface area contributed by atoms with Crippen molar-refractivity contribution >= 4 is 11.8 Å². The Bertz CT molecular complexity index is 387. The molecule has 1 aliphatic carbocycles. The van der Waals surface area contributed by atoms with Crippen molar-refractivity contribution in [1.82, 2.24) is 10.2 Å². The summed E-state index contributed by atoms with van der Waals surface area (Å²) >= 11 is 0. The highest BCUT2D eigenvalue weighted by Crippen LogP contribution is 2.30. The van der Waals surface area contributed by atoms with Crippen LogP contribution in [0.5, 0.6) is 0 Å². The molecule has 0 radical (unpaired) electrons. The molecule has 2 rings (SSSR count). The van der Waals surface area contributed by atoms with Gasteiger partial charge in [0.05, 0.1) is 5.69 Å². The third kappa shape index (κ3) is 2.06. The molecule has 0 saturated heterocycles. The summed E-state index contributed by atoms with van der Waals surface area (Å²) in [6, 6.07) is 1.56. The lowest BCUT2D eigenvalue weighted by Gasteiger charge is -2.18. The first-order valence-electron chi connectivity index (χ1n) is 4.97. The van der Waals surface area contributed by atoms with Gasteiger partial charge in [0.15, 0.2) is 0 Å². The average molecular weight is 208 g/mol. The minimum Gasteiger partial charge on any atom is -0.477 e. The number of carboxylic acid groups (broad SMARTS) is 1. The fourth-order valence-corrected chi connectivity index (χ4v) is 1.89. The van der Waals surface area contributed by atoms with E-state index in [9.17, 15) is 9.59 Å². The van der Waals surface area contributed by atoms with E-state index < -0.39 is 5.97 Å². The van der Waals surface area contributed by atoms with E-state index in [1.54, 1.807) is 6.07 Å². The van der Waals surface area contributed by atoms with Crippen molar-refractivity contribution in [1.29, 1.82) is 0 Å². The van der Waals surface area contributed by atoms with E-state index >= 15 is 0 Å². The standard InChI is InChI=1S/C10H12N2O3/c13-7-3-1-6(2-4-7)8-5-9(10(14)15)12-11-8/h5-6H,1-4H2,(H,11,12)(H,14,15). The van der Waals surface area contributed by atoms with Crippen LogP contribution in [-0.4, -0.2) is 27.1 Å². The minimum atomic E-state index is -0.999. The zero-order chi connectivity index (χ0) is 10.8. The molecule has 1 aromatic rings. The second kappa shape index (κ2) is 3.84. The molecule has 80 valence electrons. The van der Waals surface area contributed by atoms with Crippen LogP contribution in [0.15, 0.2) is 6.07 Å². The van der Waals surface area contributed by atoms with Crippen LogP contribution in [0.3, 0.4) is 0 Å². The first-order valence-corrected chi connectivity index (χ1v) is 4.97. The third-order valence-corrected chi connectivity index (χ3v) is 2.79. The van der Waals surface area contributed by atoms with Gasteiger partial charge in [-0.2, -0.15) is 5.10 Å². The van der Waals surface area contributed by atoms with Gasteiger partial charge in [-0.05, 0) is 18.9 Å². The van der Waals surface area contributed by atoms with Crippen LogP contribution in [0.25, 0.3) is 0 Å². The number of carbonyl (C=O) groups excluding carboxylic acids is 1. The molecule has 1 heterocycles. The Kier molecular flexibility index (Phi) is 2.53. The van der Waals surface area contributed by atoms with Crippen molar-refractivity contribution in [3.63, 3.8) is 0 Å². The number of aromatic carboxylic acids is 1. The van der Waals surface area contributed by atoms with Crippen LogP contribution in [0.2, 0.25) is 0 Å². The molecule has 15 heavy (non-hydrogen) atoms. The van der Waals surface area contributed by atoms with Gasteiger partial charge in [-0.25, -0.2) is 4.79 Å². The molecule has 0 aromatic carbocycles. The molecule has 1 aromatic heterocycles. The predicted octanol–water partition coefficient (Wildman–Crippen LogP) is 1.33. The van der Waals surface area contributed by atoms with Gasteiger partial charge in [0.1, 0.15) is 11.5 Å². The molecule has 5 heteroatoms. The molecule has 0 amide bonds. The summed E-state index contributed by atoms with van der Waals surface area (Å²) < 4.78 is 0. The SMILES string of the molecule is O=C1CCC(c2cc(C(=O)O)[nH]n2)CC1. The Morgan fingerprint density at radius 1 is 1.47 bits per heavy atom. The van der Waals surface area contributed by atoms with Crippen LogP contribution in [0.4, 0.5) is 0 Å². The van der Waals surface area contributed by atoms with E-state index in [0.717, 1.165) is 18.5 Å². The molecule has 5 nitrogen and oxygen atoms in total. The van der Waals surface area contributed by atoms with Crippen molar-refractivity contribution in [3.05, 3.63) is 17.5 Å². The number of nitrogens with zero attached hydrogens (tertiary/aromatic N) is 1. The fourth-order valence-electron chi connectivity index (χ4n) is 1.89. The Morgan fingerprint density at radius 2 is 2.13 bits per heavy atom. The Morgan fingerprint density at radius 3 is 2.67 bits per heavy atom. The van der Waals surface area contributed by atoms with Gasteiger partial charge in [0.2, 0.25) is 0 Å². The number of H-pyrrole nitrogens is 1. The van der Waals surface area contributed by atoms with E-state index in [1.165, 1.54) is 0 Å². The number of rotatable bonds is 2. The number of aromatic amines is 1. The molecular formula is C10H12N2O3. The highest BCUT2D eigenvalue weighted by molar-refractivity contribution is 5.85. The topological polar surface area (TPSA) is 83.0 Å². The second-order valence-corrected chi connectivity index (χ2v) is 3.82. The van der Waals surface area contributed by atoms with Crippen molar-refractivity contribution < 1.29 is 14.7 Å². The Balaban J connectivity index is 2.09. The van der Waals surface area contributed by atoms with E-state index in [-0.39, 0.29) is 11.6 Å². The number of carboxylic acids is 1. The smallest absolute Gasteiger partial charge is 0.353 e. The molecule has 0 unspecified atom stereocenters. The molecular weight excluding hydrogens is 196 g/mol. The van der Waals surface area contributed by atoms with Gasteiger partial charge in [-0.1, -0.05) is 0 Å². The zero-order valence-corrected chi connectivity index (χ0v) is 8.19. The first-order chi connectivity index (χ1) is 7.16. The summed E-state index contributed by atoms with van der Waals surface area (Å²) in [7, 11) is 0. The summed E-state index contributed by atoms with van der Waals surface area (Å²) in [5.41, 5.74) is 0.877. The summed E-state index contributed by atoms with van der Waals surface area (Å²) in [5, 5.41) is 15.2.